The van der Waals surface area contributed by atoms with Crippen LogP contribution in [0.15, 0.2) is 30.3 Å². The Balaban J connectivity index is 2.66. The first-order chi connectivity index (χ1) is 5.88. The third-order valence-corrected chi connectivity index (χ3v) is 5.99. The minimum Gasteiger partial charge on any atom is -0.0677 e. The second-order valence-corrected chi connectivity index (χ2v) is 6.76. The first-order valence-corrected chi connectivity index (χ1v) is 7.14. The molecule has 0 aliphatic carbocycles. The summed E-state index contributed by atoms with van der Waals surface area (Å²) in [5.41, 5.74) is 0. The van der Waals surface area contributed by atoms with Crippen LogP contribution in [-0.2, 0) is 0 Å². The molecule has 1 atom stereocenters. The van der Waals surface area contributed by atoms with Crippen LogP contribution in [0.4, 0.5) is 0 Å². The van der Waals surface area contributed by atoms with Crippen LogP contribution >= 0.6 is 0 Å². The van der Waals surface area contributed by atoms with E-state index in [1.807, 2.05) is 0 Å². The lowest BCUT2D eigenvalue weighted by Crippen LogP contribution is -2.28. The molecule has 0 N–H and O–H groups in total. The average molecular weight is 178 g/mol. The molecule has 1 aromatic rings. The van der Waals surface area contributed by atoms with Crippen molar-refractivity contribution in [3.05, 3.63) is 30.3 Å². The highest BCUT2D eigenvalue weighted by atomic mass is 28.3. The molecule has 1 aromatic carbocycles. The monoisotopic (exact) mass is 178 g/mol. The Labute approximate surface area is 77.2 Å². The van der Waals surface area contributed by atoms with Gasteiger partial charge in [-0.05, 0) is 0 Å². The fourth-order valence-corrected chi connectivity index (χ4v) is 4.36. The zero-order valence-corrected chi connectivity index (χ0v) is 9.24. The molecule has 0 nitrogen and oxygen atoms in total. The van der Waals surface area contributed by atoms with Gasteiger partial charge in [-0.25, -0.2) is 0 Å². The van der Waals surface area contributed by atoms with E-state index in [9.17, 15) is 0 Å². The molecule has 1 unspecified atom stereocenters. The molecule has 0 heterocycles. The molecule has 0 spiro atoms. The van der Waals surface area contributed by atoms with Gasteiger partial charge < -0.3 is 0 Å². The molecule has 1 heteroatoms. The molecule has 12 heavy (non-hydrogen) atoms. The van der Waals surface area contributed by atoms with E-state index in [1.165, 1.54) is 18.5 Å². The van der Waals surface area contributed by atoms with Crippen LogP contribution in [0.1, 0.15) is 20.3 Å². The van der Waals surface area contributed by atoms with Crippen molar-refractivity contribution in [1.82, 2.24) is 0 Å². The topological polar surface area (TPSA) is 0 Å². The van der Waals surface area contributed by atoms with Gasteiger partial charge in [0, 0.05) is 0 Å². The minimum absolute atomic E-state index is 0.571. The van der Waals surface area contributed by atoms with Crippen molar-refractivity contribution in [3.63, 3.8) is 0 Å². The third kappa shape index (κ3) is 2.49. The smallest absolute Gasteiger partial charge is 0.0677 e. The molecule has 0 saturated heterocycles. The molecule has 0 aliphatic rings. The molecule has 0 fully saturated rings. The third-order valence-electron chi connectivity index (χ3n) is 2.40. The van der Waals surface area contributed by atoms with Gasteiger partial charge in [-0.1, -0.05) is 67.9 Å². The standard InChI is InChI=1S/C11H18Si/c1-3-10-12(4-2)11-8-6-5-7-9-11/h5-9,12H,3-4,10H2,1-2H3. The average Bonchev–Trinajstić information content (AvgIpc) is 2.15. The van der Waals surface area contributed by atoms with E-state index in [1.54, 1.807) is 5.19 Å². The minimum atomic E-state index is -0.571. The van der Waals surface area contributed by atoms with E-state index in [-0.39, 0.29) is 0 Å². The van der Waals surface area contributed by atoms with Gasteiger partial charge in [0.2, 0.25) is 0 Å². The fraction of sp³-hybridized carbons (Fsp3) is 0.455. The number of hydrogen-bond acceptors (Lipinski definition) is 0. The quantitative estimate of drug-likeness (QED) is 0.622. The molecular weight excluding hydrogens is 160 g/mol. The largest absolute Gasteiger partial charge is 0.0705 e. The van der Waals surface area contributed by atoms with Gasteiger partial charge >= 0.3 is 0 Å². The van der Waals surface area contributed by atoms with E-state index in [2.05, 4.69) is 44.2 Å². The Hall–Kier alpha value is -0.563. The van der Waals surface area contributed by atoms with E-state index in [0.29, 0.717) is 0 Å². The number of rotatable bonds is 4. The summed E-state index contributed by atoms with van der Waals surface area (Å²) >= 11 is 0. The van der Waals surface area contributed by atoms with Crippen molar-refractivity contribution < 1.29 is 0 Å². The highest BCUT2D eigenvalue weighted by Gasteiger charge is 2.08. The maximum absolute atomic E-state index is 2.33. The Morgan fingerprint density at radius 3 is 2.25 bits per heavy atom. The molecule has 0 saturated carbocycles. The predicted molar refractivity (Wildman–Crippen MR) is 58.8 cm³/mol. The Morgan fingerprint density at radius 1 is 1.08 bits per heavy atom. The first kappa shape index (κ1) is 9.52. The summed E-state index contributed by atoms with van der Waals surface area (Å²) in [6, 6.07) is 13.9. The lowest BCUT2D eigenvalue weighted by Gasteiger charge is -2.11. The van der Waals surface area contributed by atoms with E-state index in [0.717, 1.165) is 0 Å². The Kier molecular flexibility index (Phi) is 4.09. The molecule has 0 amide bonds. The Morgan fingerprint density at radius 2 is 1.75 bits per heavy atom. The summed E-state index contributed by atoms with van der Waals surface area (Å²) in [6.45, 7) is 4.62. The fourth-order valence-electron chi connectivity index (χ4n) is 1.68. The van der Waals surface area contributed by atoms with Crippen LogP contribution in [0.25, 0.3) is 0 Å². The summed E-state index contributed by atoms with van der Waals surface area (Å²) in [5.74, 6) is 0. The lowest BCUT2D eigenvalue weighted by atomic mass is 10.4. The van der Waals surface area contributed by atoms with Crippen molar-refractivity contribution in [2.45, 2.75) is 32.4 Å². The van der Waals surface area contributed by atoms with Crippen molar-refractivity contribution in [1.29, 1.82) is 0 Å². The zero-order chi connectivity index (χ0) is 8.81. The molecular formula is C11H18Si. The van der Waals surface area contributed by atoms with Crippen molar-refractivity contribution >= 4 is 14.0 Å². The van der Waals surface area contributed by atoms with Crippen LogP contribution in [0, 0.1) is 0 Å². The van der Waals surface area contributed by atoms with Crippen LogP contribution in [0.3, 0.4) is 0 Å². The van der Waals surface area contributed by atoms with Crippen LogP contribution in [0.2, 0.25) is 12.1 Å². The van der Waals surface area contributed by atoms with Crippen molar-refractivity contribution in [3.8, 4) is 0 Å². The second-order valence-electron chi connectivity index (χ2n) is 3.30. The molecule has 0 aliphatic heterocycles. The number of benzene rings is 1. The van der Waals surface area contributed by atoms with E-state index >= 15 is 0 Å². The summed E-state index contributed by atoms with van der Waals surface area (Å²) in [4.78, 5) is 0. The number of hydrogen-bond donors (Lipinski definition) is 0. The van der Waals surface area contributed by atoms with Gasteiger partial charge in [0.1, 0.15) is 0 Å². The Bertz CT molecular complexity index is 206. The summed E-state index contributed by atoms with van der Waals surface area (Å²) in [6.07, 6.45) is 1.35. The molecule has 0 aromatic heterocycles. The second kappa shape index (κ2) is 5.15. The maximum atomic E-state index is 2.33. The highest BCUT2D eigenvalue weighted by Crippen LogP contribution is 2.02. The highest BCUT2D eigenvalue weighted by molar-refractivity contribution is 6.73. The lowest BCUT2D eigenvalue weighted by molar-refractivity contribution is 1.06. The first-order valence-electron chi connectivity index (χ1n) is 4.93. The van der Waals surface area contributed by atoms with Crippen molar-refractivity contribution in [2.24, 2.45) is 0 Å². The summed E-state index contributed by atoms with van der Waals surface area (Å²) < 4.78 is 0. The SMILES string of the molecule is CCC[SiH](CC)c1ccccc1. The van der Waals surface area contributed by atoms with Gasteiger partial charge in [0.05, 0.1) is 8.80 Å². The summed E-state index contributed by atoms with van der Waals surface area (Å²) in [5, 5.41) is 1.64. The molecule has 66 valence electrons. The van der Waals surface area contributed by atoms with Crippen LogP contribution in [0.5, 0.6) is 0 Å². The maximum Gasteiger partial charge on any atom is 0.0705 e. The van der Waals surface area contributed by atoms with Gasteiger partial charge in [-0.3, -0.25) is 0 Å². The zero-order valence-electron chi connectivity index (χ0n) is 8.09. The molecule has 0 bridgehead atoms. The van der Waals surface area contributed by atoms with Gasteiger partial charge in [-0.15, -0.1) is 0 Å². The molecule has 1 rings (SSSR count). The van der Waals surface area contributed by atoms with Gasteiger partial charge in [0.25, 0.3) is 0 Å². The van der Waals surface area contributed by atoms with Crippen LogP contribution in [-0.4, -0.2) is 8.80 Å². The predicted octanol–water partition coefficient (Wildman–Crippen LogP) is 2.55. The summed E-state index contributed by atoms with van der Waals surface area (Å²) in [7, 11) is -0.571. The normalized spacial score (nSPS) is 12.8. The van der Waals surface area contributed by atoms with Crippen LogP contribution < -0.4 is 5.19 Å². The van der Waals surface area contributed by atoms with E-state index < -0.39 is 8.80 Å². The molecule has 0 radical (unpaired) electrons. The van der Waals surface area contributed by atoms with Gasteiger partial charge in [-0.2, -0.15) is 0 Å². The van der Waals surface area contributed by atoms with E-state index in [4.69, 9.17) is 0 Å². The van der Waals surface area contributed by atoms with Gasteiger partial charge in [0.15, 0.2) is 0 Å². The van der Waals surface area contributed by atoms with Crippen molar-refractivity contribution in [2.75, 3.05) is 0 Å².